The molecule has 3 N–H and O–H groups in total. The van der Waals surface area contributed by atoms with Crippen LogP contribution in [0.25, 0.3) is 0 Å². The first-order valence-electron chi connectivity index (χ1n) is 6.21. The van der Waals surface area contributed by atoms with E-state index in [1.54, 1.807) is 17.2 Å². The average Bonchev–Trinajstić information content (AvgIpc) is 2.50. The molecule has 1 aliphatic heterocycles. The Labute approximate surface area is 107 Å². The van der Waals surface area contributed by atoms with E-state index in [1.165, 1.54) is 6.20 Å². The second kappa shape index (κ2) is 4.94. The monoisotopic (exact) mass is 249 g/mol. The minimum Gasteiger partial charge on any atom is -0.398 e. The number of hydrogen-bond donors (Lipinski definition) is 2. The van der Waals surface area contributed by atoms with Crippen LogP contribution in [0.15, 0.2) is 18.5 Å². The summed E-state index contributed by atoms with van der Waals surface area (Å²) in [4.78, 5) is 18.0. The van der Waals surface area contributed by atoms with Crippen LogP contribution in [0.2, 0.25) is 0 Å². The Balaban J connectivity index is 2.13. The first-order chi connectivity index (χ1) is 8.49. The normalized spacial score (nSPS) is 24.7. The highest BCUT2D eigenvalue weighted by Crippen LogP contribution is 2.23. The molecule has 1 aromatic heterocycles. The molecule has 1 saturated heterocycles. The lowest BCUT2D eigenvalue weighted by molar-refractivity contribution is 0.0438. The van der Waals surface area contributed by atoms with Gasteiger partial charge in [0.15, 0.2) is 0 Å². The number of nitrogens with zero attached hydrogens (tertiary/aromatic N) is 2. The maximum absolute atomic E-state index is 12.3. The summed E-state index contributed by atoms with van der Waals surface area (Å²) in [5.74, 6) is -0.0988. The predicted molar refractivity (Wildman–Crippen MR) is 69.0 cm³/mol. The number of aliphatic hydroxyl groups is 1. The van der Waals surface area contributed by atoms with Gasteiger partial charge >= 0.3 is 0 Å². The standard InChI is InChI=1S/C13H19N3O2/c1-13(18)4-2-7-16(8-5-13)12(17)10-9-15-6-3-11(10)14/h3,6,9,18H,2,4-5,7-8H2,1H3,(H2,14,15). The number of rotatable bonds is 1. The van der Waals surface area contributed by atoms with Crippen LogP contribution in [-0.2, 0) is 0 Å². The second-order valence-electron chi connectivity index (χ2n) is 5.11. The first-order valence-corrected chi connectivity index (χ1v) is 6.21. The average molecular weight is 249 g/mol. The van der Waals surface area contributed by atoms with Crippen LogP contribution < -0.4 is 5.73 Å². The van der Waals surface area contributed by atoms with Crippen LogP contribution in [0.4, 0.5) is 5.69 Å². The van der Waals surface area contributed by atoms with Gasteiger partial charge in [0.25, 0.3) is 5.91 Å². The molecule has 18 heavy (non-hydrogen) atoms. The Morgan fingerprint density at radius 2 is 2.28 bits per heavy atom. The molecule has 2 heterocycles. The van der Waals surface area contributed by atoms with Crippen molar-refractivity contribution in [2.24, 2.45) is 0 Å². The summed E-state index contributed by atoms with van der Waals surface area (Å²) in [6, 6.07) is 1.63. The zero-order valence-corrected chi connectivity index (χ0v) is 10.6. The van der Waals surface area contributed by atoms with Crippen molar-refractivity contribution in [2.75, 3.05) is 18.8 Å². The lowest BCUT2D eigenvalue weighted by Crippen LogP contribution is -2.34. The van der Waals surface area contributed by atoms with Gasteiger partial charge in [0, 0.05) is 31.2 Å². The molecule has 98 valence electrons. The number of aromatic nitrogens is 1. The number of carbonyl (C=O) groups excluding carboxylic acids is 1. The van der Waals surface area contributed by atoms with Crippen LogP contribution in [0, 0.1) is 0 Å². The number of pyridine rings is 1. The number of nitrogen functional groups attached to an aromatic ring is 1. The van der Waals surface area contributed by atoms with Crippen molar-refractivity contribution in [3.05, 3.63) is 24.0 Å². The fourth-order valence-corrected chi connectivity index (χ4v) is 2.22. The van der Waals surface area contributed by atoms with E-state index in [0.29, 0.717) is 30.8 Å². The Kier molecular flexibility index (Phi) is 3.52. The van der Waals surface area contributed by atoms with Gasteiger partial charge in [-0.05, 0) is 32.3 Å². The molecule has 1 amide bonds. The summed E-state index contributed by atoms with van der Waals surface area (Å²) in [6.07, 6.45) is 5.19. The highest BCUT2D eigenvalue weighted by atomic mass is 16.3. The third-order valence-electron chi connectivity index (χ3n) is 3.44. The van der Waals surface area contributed by atoms with E-state index in [0.717, 1.165) is 12.8 Å². The number of hydrogen-bond acceptors (Lipinski definition) is 4. The van der Waals surface area contributed by atoms with E-state index in [4.69, 9.17) is 5.73 Å². The maximum atomic E-state index is 12.3. The Morgan fingerprint density at radius 1 is 1.50 bits per heavy atom. The lowest BCUT2D eigenvalue weighted by atomic mass is 9.98. The van der Waals surface area contributed by atoms with Crippen LogP contribution in [0.5, 0.6) is 0 Å². The zero-order valence-electron chi connectivity index (χ0n) is 10.6. The van der Waals surface area contributed by atoms with E-state index in [-0.39, 0.29) is 5.91 Å². The molecule has 5 nitrogen and oxygen atoms in total. The molecule has 1 fully saturated rings. The lowest BCUT2D eigenvalue weighted by Gasteiger charge is -2.22. The third-order valence-corrected chi connectivity index (χ3v) is 3.44. The van der Waals surface area contributed by atoms with E-state index < -0.39 is 5.60 Å². The topological polar surface area (TPSA) is 79.5 Å². The largest absolute Gasteiger partial charge is 0.398 e. The van der Waals surface area contributed by atoms with Gasteiger partial charge in [-0.3, -0.25) is 9.78 Å². The van der Waals surface area contributed by atoms with Crippen molar-refractivity contribution in [1.29, 1.82) is 0 Å². The molecule has 0 aliphatic carbocycles. The number of carbonyl (C=O) groups is 1. The zero-order chi connectivity index (χ0) is 13.2. The fraction of sp³-hybridized carbons (Fsp3) is 0.538. The molecule has 1 aliphatic rings. The molecule has 2 rings (SSSR count). The quantitative estimate of drug-likeness (QED) is 0.779. The number of likely N-dealkylation sites (tertiary alicyclic amines) is 1. The molecule has 0 radical (unpaired) electrons. The smallest absolute Gasteiger partial charge is 0.257 e. The SMILES string of the molecule is CC1(O)CCCN(C(=O)c2cnccc2N)CC1. The van der Waals surface area contributed by atoms with E-state index in [1.807, 2.05) is 6.92 Å². The van der Waals surface area contributed by atoms with Gasteiger partial charge in [0.1, 0.15) is 0 Å². The van der Waals surface area contributed by atoms with Gasteiger partial charge in [-0.25, -0.2) is 0 Å². The molecule has 0 spiro atoms. The highest BCUT2D eigenvalue weighted by molar-refractivity contribution is 5.98. The summed E-state index contributed by atoms with van der Waals surface area (Å²) < 4.78 is 0. The Morgan fingerprint density at radius 3 is 3.00 bits per heavy atom. The molecule has 1 unspecified atom stereocenters. The summed E-state index contributed by atoms with van der Waals surface area (Å²) >= 11 is 0. The molecule has 1 aromatic rings. The van der Waals surface area contributed by atoms with Crippen LogP contribution in [0.3, 0.4) is 0 Å². The predicted octanol–water partition coefficient (Wildman–Crippen LogP) is 1.04. The van der Waals surface area contributed by atoms with Crippen molar-refractivity contribution in [2.45, 2.75) is 31.8 Å². The van der Waals surface area contributed by atoms with E-state index in [9.17, 15) is 9.90 Å². The van der Waals surface area contributed by atoms with Crippen molar-refractivity contribution in [1.82, 2.24) is 9.88 Å². The number of nitrogens with two attached hydrogens (primary N) is 1. The minimum absolute atomic E-state index is 0.0988. The summed E-state index contributed by atoms with van der Waals surface area (Å²) in [5, 5.41) is 10.0. The molecule has 0 bridgehead atoms. The molecule has 1 atom stereocenters. The minimum atomic E-state index is -0.671. The molecule has 0 saturated carbocycles. The van der Waals surface area contributed by atoms with Gasteiger partial charge in [0.05, 0.1) is 11.2 Å². The van der Waals surface area contributed by atoms with Gasteiger partial charge < -0.3 is 15.7 Å². The fourth-order valence-electron chi connectivity index (χ4n) is 2.22. The summed E-state index contributed by atoms with van der Waals surface area (Å²) in [6.45, 7) is 3.03. The van der Waals surface area contributed by atoms with Crippen molar-refractivity contribution >= 4 is 11.6 Å². The van der Waals surface area contributed by atoms with Crippen molar-refractivity contribution < 1.29 is 9.90 Å². The van der Waals surface area contributed by atoms with Gasteiger partial charge in [-0.2, -0.15) is 0 Å². The van der Waals surface area contributed by atoms with Gasteiger partial charge in [0.2, 0.25) is 0 Å². The summed E-state index contributed by atoms with van der Waals surface area (Å²) in [7, 11) is 0. The van der Waals surface area contributed by atoms with E-state index in [2.05, 4.69) is 4.98 Å². The Hall–Kier alpha value is -1.62. The molecule has 0 aromatic carbocycles. The number of amides is 1. The van der Waals surface area contributed by atoms with E-state index >= 15 is 0 Å². The van der Waals surface area contributed by atoms with Crippen LogP contribution >= 0.6 is 0 Å². The van der Waals surface area contributed by atoms with Crippen LogP contribution in [-0.4, -0.2) is 39.6 Å². The second-order valence-corrected chi connectivity index (χ2v) is 5.11. The van der Waals surface area contributed by atoms with Gasteiger partial charge in [-0.15, -0.1) is 0 Å². The van der Waals surface area contributed by atoms with Crippen LogP contribution in [0.1, 0.15) is 36.5 Å². The first kappa shape index (κ1) is 12.8. The third kappa shape index (κ3) is 2.79. The highest BCUT2D eigenvalue weighted by Gasteiger charge is 2.28. The Bertz CT molecular complexity index is 446. The molecule has 5 heteroatoms. The maximum Gasteiger partial charge on any atom is 0.257 e. The molecular weight excluding hydrogens is 230 g/mol. The van der Waals surface area contributed by atoms with Gasteiger partial charge in [-0.1, -0.05) is 0 Å². The van der Waals surface area contributed by atoms with Crippen molar-refractivity contribution in [3.8, 4) is 0 Å². The summed E-state index contributed by atoms with van der Waals surface area (Å²) in [5.41, 5.74) is 6.01. The molecular formula is C13H19N3O2. The van der Waals surface area contributed by atoms with Crippen molar-refractivity contribution in [3.63, 3.8) is 0 Å². The number of anilines is 1.